The Morgan fingerprint density at radius 2 is 1.68 bits per heavy atom. The number of aliphatic hydroxyl groups excluding tert-OH is 1. The first kappa shape index (κ1) is 20.3. The van der Waals surface area contributed by atoms with Gasteiger partial charge in [0.2, 0.25) is 10.0 Å². The van der Waals surface area contributed by atoms with Crippen LogP contribution in [0.15, 0.2) is 29.2 Å². The maximum Gasteiger partial charge on any atom is 0.243 e. The van der Waals surface area contributed by atoms with Crippen LogP contribution in [0.5, 0.6) is 0 Å². The van der Waals surface area contributed by atoms with Gasteiger partial charge in [0.15, 0.2) is 0 Å². The number of aryl methyl sites for hydroxylation is 1. The standard InChI is InChI=1S/C18H30N2O4S/c1-15-5-7-17(8-6-15)25(22,23)20-11-9-19(10-12-20)13-16(21)14-24-18(2,3)4/h5-8,16,21H,9-14H2,1-4H3. The molecule has 0 saturated carbocycles. The summed E-state index contributed by atoms with van der Waals surface area (Å²) in [7, 11) is -3.44. The van der Waals surface area contributed by atoms with Gasteiger partial charge in [-0.3, -0.25) is 4.90 Å². The summed E-state index contributed by atoms with van der Waals surface area (Å²) in [5.74, 6) is 0. The Morgan fingerprint density at radius 1 is 1.12 bits per heavy atom. The minimum absolute atomic E-state index is 0.276. The number of β-amino-alcohol motifs (C(OH)–C–C–N with tert-alkyl or cyclic N) is 1. The number of ether oxygens (including phenoxy) is 1. The highest BCUT2D eigenvalue weighted by atomic mass is 32.2. The third kappa shape index (κ3) is 6.04. The van der Waals surface area contributed by atoms with E-state index in [4.69, 9.17) is 4.74 Å². The first-order valence-electron chi connectivity index (χ1n) is 8.69. The first-order valence-corrected chi connectivity index (χ1v) is 10.1. The van der Waals surface area contributed by atoms with E-state index < -0.39 is 16.1 Å². The SMILES string of the molecule is Cc1ccc(S(=O)(=O)N2CCN(CC(O)COC(C)(C)C)CC2)cc1. The predicted molar refractivity (Wildman–Crippen MR) is 98.1 cm³/mol. The zero-order chi connectivity index (χ0) is 18.7. The van der Waals surface area contributed by atoms with Crippen molar-refractivity contribution in [2.75, 3.05) is 39.3 Å². The third-order valence-corrected chi connectivity index (χ3v) is 6.08. The lowest BCUT2D eigenvalue weighted by Crippen LogP contribution is -2.50. The molecule has 1 aromatic carbocycles. The topological polar surface area (TPSA) is 70.1 Å². The molecule has 25 heavy (non-hydrogen) atoms. The van der Waals surface area contributed by atoms with Crippen LogP contribution >= 0.6 is 0 Å². The molecule has 0 spiro atoms. The Balaban J connectivity index is 1.85. The molecule has 1 N–H and O–H groups in total. The quantitative estimate of drug-likeness (QED) is 0.821. The van der Waals surface area contributed by atoms with Gasteiger partial charge in [-0.15, -0.1) is 0 Å². The lowest BCUT2D eigenvalue weighted by Gasteiger charge is -2.35. The van der Waals surface area contributed by atoms with E-state index in [9.17, 15) is 13.5 Å². The van der Waals surface area contributed by atoms with E-state index in [1.807, 2.05) is 39.8 Å². The van der Waals surface area contributed by atoms with Gasteiger partial charge in [0.1, 0.15) is 0 Å². The minimum atomic E-state index is -3.44. The summed E-state index contributed by atoms with van der Waals surface area (Å²) in [6.45, 7) is 10.7. The van der Waals surface area contributed by atoms with Crippen LogP contribution in [0.4, 0.5) is 0 Å². The fourth-order valence-electron chi connectivity index (χ4n) is 2.71. The zero-order valence-corrected chi connectivity index (χ0v) is 16.4. The van der Waals surface area contributed by atoms with Crippen molar-refractivity contribution in [1.82, 2.24) is 9.21 Å². The Hall–Kier alpha value is -0.990. The Morgan fingerprint density at radius 3 is 2.20 bits per heavy atom. The van der Waals surface area contributed by atoms with Crippen LogP contribution < -0.4 is 0 Å². The van der Waals surface area contributed by atoms with E-state index in [1.54, 1.807) is 12.1 Å². The molecule has 0 aliphatic carbocycles. The van der Waals surface area contributed by atoms with Crippen molar-refractivity contribution in [1.29, 1.82) is 0 Å². The maximum atomic E-state index is 12.7. The summed E-state index contributed by atoms with van der Waals surface area (Å²) >= 11 is 0. The summed E-state index contributed by atoms with van der Waals surface area (Å²) in [4.78, 5) is 2.42. The van der Waals surface area contributed by atoms with Gasteiger partial charge in [-0.25, -0.2) is 8.42 Å². The molecule has 2 rings (SSSR count). The molecule has 1 atom stereocenters. The molecule has 0 bridgehead atoms. The molecular weight excluding hydrogens is 340 g/mol. The van der Waals surface area contributed by atoms with Crippen molar-refractivity contribution in [3.05, 3.63) is 29.8 Å². The van der Waals surface area contributed by atoms with Gasteiger partial charge in [0.05, 0.1) is 23.2 Å². The van der Waals surface area contributed by atoms with E-state index in [-0.39, 0.29) is 12.2 Å². The van der Waals surface area contributed by atoms with E-state index in [0.717, 1.165) is 5.56 Å². The van der Waals surface area contributed by atoms with Gasteiger partial charge < -0.3 is 9.84 Å². The van der Waals surface area contributed by atoms with Gasteiger partial charge in [0, 0.05) is 32.7 Å². The van der Waals surface area contributed by atoms with Gasteiger partial charge in [-0.2, -0.15) is 4.31 Å². The van der Waals surface area contributed by atoms with Crippen LogP contribution in [0, 0.1) is 6.92 Å². The molecule has 0 radical (unpaired) electrons. The smallest absolute Gasteiger partial charge is 0.243 e. The lowest BCUT2D eigenvalue weighted by atomic mass is 10.2. The minimum Gasteiger partial charge on any atom is -0.389 e. The van der Waals surface area contributed by atoms with Gasteiger partial charge in [-0.1, -0.05) is 17.7 Å². The molecule has 7 heteroatoms. The van der Waals surface area contributed by atoms with Crippen LogP contribution in [-0.2, 0) is 14.8 Å². The Labute approximate surface area is 151 Å². The highest BCUT2D eigenvalue weighted by Crippen LogP contribution is 2.18. The van der Waals surface area contributed by atoms with Gasteiger partial charge in [-0.05, 0) is 39.8 Å². The van der Waals surface area contributed by atoms with E-state index in [0.29, 0.717) is 37.6 Å². The van der Waals surface area contributed by atoms with E-state index in [1.165, 1.54) is 4.31 Å². The van der Waals surface area contributed by atoms with Gasteiger partial charge in [0.25, 0.3) is 0 Å². The molecule has 142 valence electrons. The average molecular weight is 371 g/mol. The maximum absolute atomic E-state index is 12.7. The monoisotopic (exact) mass is 370 g/mol. The average Bonchev–Trinajstić information content (AvgIpc) is 2.53. The summed E-state index contributed by atoms with van der Waals surface area (Å²) in [6, 6.07) is 6.94. The highest BCUT2D eigenvalue weighted by Gasteiger charge is 2.29. The number of hydrogen-bond acceptors (Lipinski definition) is 5. The number of aliphatic hydroxyl groups is 1. The summed E-state index contributed by atoms with van der Waals surface area (Å²) < 4.78 is 32.5. The highest BCUT2D eigenvalue weighted by molar-refractivity contribution is 7.89. The van der Waals surface area contributed by atoms with Crippen LogP contribution in [0.3, 0.4) is 0 Å². The normalized spacial score (nSPS) is 19.1. The molecule has 1 heterocycles. The van der Waals surface area contributed by atoms with Crippen LogP contribution in [0.2, 0.25) is 0 Å². The van der Waals surface area contributed by atoms with Crippen molar-refractivity contribution in [3.8, 4) is 0 Å². The molecule has 0 aromatic heterocycles. The first-order chi connectivity index (χ1) is 11.6. The molecule has 1 saturated heterocycles. The number of piperazine rings is 1. The van der Waals surface area contributed by atoms with E-state index in [2.05, 4.69) is 4.90 Å². The molecule has 1 aliphatic rings. The fourth-order valence-corrected chi connectivity index (χ4v) is 4.13. The Bertz CT molecular complexity index is 645. The van der Waals surface area contributed by atoms with Crippen molar-refractivity contribution >= 4 is 10.0 Å². The zero-order valence-electron chi connectivity index (χ0n) is 15.6. The summed E-state index contributed by atoms with van der Waals surface area (Å²) in [6.07, 6.45) is -0.570. The molecule has 1 unspecified atom stereocenters. The van der Waals surface area contributed by atoms with Crippen molar-refractivity contribution in [2.45, 2.75) is 44.3 Å². The van der Waals surface area contributed by atoms with Crippen molar-refractivity contribution in [3.63, 3.8) is 0 Å². The fraction of sp³-hybridized carbons (Fsp3) is 0.667. The van der Waals surface area contributed by atoms with Crippen molar-refractivity contribution < 1.29 is 18.3 Å². The van der Waals surface area contributed by atoms with Crippen LogP contribution in [0.25, 0.3) is 0 Å². The Kier molecular flexibility index (Phi) is 6.62. The number of nitrogens with zero attached hydrogens (tertiary/aromatic N) is 2. The largest absolute Gasteiger partial charge is 0.389 e. The second kappa shape index (κ2) is 8.14. The van der Waals surface area contributed by atoms with Crippen molar-refractivity contribution in [2.24, 2.45) is 0 Å². The summed E-state index contributed by atoms with van der Waals surface area (Å²) in [5.41, 5.74) is 0.761. The van der Waals surface area contributed by atoms with E-state index >= 15 is 0 Å². The second-order valence-corrected chi connectivity index (χ2v) is 9.53. The molecule has 1 aliphatic heterocycles. The molecule has 1 fully saturated rings. The predicted octanol–water partition coefficient (Wildman–Crippen LogP) is 1.48. The number of hydrogen-bond donors (Lipinski definition) is 1. The molecule has 0 amide bonds. The number of benzene rings is 1. The van der Waals surface area contributed by atoms with Crippen LogP contribution in [0.1, 0.15) is 26.3 Å². The van der Waals surface area contributed by atoms with Crippen LogP contribution in [-0.4, -0.2) is 73.8 Å². The molecular formula is C18H30N2O4S. The third-order valence-electron chi connectivity index (χ3n) is 4.17. The number of sulfonamides is 1. The lowest BCUT2D eigenvalue weighted by molar-refractivity contribution is -0.0575. The molecule has 6 nitrogen and oxygen atoms in total. The molecule has 1 aromatic rings. The second-order valence-electron chi connectivity index (χ2n) is 7.59. The number of rotatable bonds is 6. The summed E-state index contributed by atoms with van der Waals surface area (Å²) in [5, 5.41) is 10.1. The van der Waals surface area contributed by atoms with Gasteiger partial charge >= 0.3 is 0 Å².